The highest BCUT2D eigenvalue weighted by molar-refractivity contribution is 7.98. The summed E-state index contributed by atoms with van der Waals surface area (Å²) in [5, 5.41) is 0. The van der Waals surface area contributed by atoms with Gasteiger partial charge in [0.05, 0.1) is 0 Å². The van der Waals surface area contributed by atoms with Crippen LogP contribution in [0, 0.1) is 0 Å². The number of nitrogen functional groups attached to an aromatic ring is 1. The van der Waals surface area contributed by atoms with Crippen LogP contribution in [0.2, 0.25) is 0 Å². The zero-order valence-corrected chi connectivity index (χ0v) is 12.4. The van der Waals surface area contributed by atoms with E-state index in [1.165, 1.54) is 0 Å². The van der Waals surface area contributed by atoms with Gasteiger partial charge in [0.2, 0.25) is 0 Å². The molecule has 0 aliphatic carbocycles. The molecule has 0 fully saturated rings. The lowest BCUT2D eigenvalue weighted by Gasteiger charge is -2.29. The molecule has 5 nitrogen and oxygen atoms in total. The molecule has 0 saturated heterocycles. The maximum absolute atomic E-state index is 5.50. The first-order valence-electron chi connectivity index (χ1n) is 6.21. The van der Waals surface area contributed by atoms with Gasteiger partial charge in [-0.15, -0.1) is 0 Å². The van der Waals surface area contributed by atoms with Crippen LogP contribution in [0.25, 0.3) is 0 Å². The molecule has 0 aliphatic rings. The second-order valence-corrected chi connectivity index (χ2v) is 5.06. The topological polar surface area (TPSA) is 67.1 Å². The first-order valence-corrected chi connectivity index (χ1v) is 7.61. The summed E-state index contributed by atoms with van der Waals surface area (Å²) in [5.74, 6) is 8.28. The van der Waals surface area contributed by atoms with E-state index in [-0.39, 0.29) is 0 Å². The van der Waals surface area contributed by atoms with E-state index in [0.29, 0.717) is 11.9 Å². The Hall–Kier alpha value is -1.01. The Balaban J connectivity index is 3.07. The average molecular weight is 269 g/mol. The van der Waals surface area contributed by atoms with E-state index in [1.54, 1.807) is 6.33 Å². The number of hydrogen-bond acceptors (Lipinski definition) is 6. The molecule has 0 amide bonds. The van der Waals surface area contributed by atoms with Crippen molar-refractivity contribution in [3.8, 4) is 0 Å². The first kappa shape index (κ1) is 15.0. The summed E-state index contributed by atoms with van der Waals surface area (Å²) in [5.41, 5.74) is 3.72. The summed E-state index contributed by atoms with van der Waals surface area (Å²) < 4.78 is 0. The molecule has 102 valence electrons. The zero-order valence-electron chi connectivity index (χ0n) is 11.6. The molecule has 0 saturated carbocycles. The van der Waals surface area contributed by atoms with E-state index in [2.05, 4.69) is 47.4 Å². The van der Waals surface area contributed by atoms with Crippen molar-refractivity contribution in [2.45, 2.75) is 32.7 Å². The van der Waals surface area contributed by atoms with Crippen molar-refractivity contribution in [2.24, 2.45) is 5.84 Å². The second kappa shape index (κ2) is 7.43. The molecule has 0 radical (unpaired) electrons. The summed E-state index contributed by atoms with van der Waals surface area (Å²) in [6, 6.07) is 0.478. The molecule has 1 aromatic heterocycles. The van der Waals surface area contributed by atoms with Gasteiger partial charge in [-0.1, -0.05) is 13.8 Å². The number of anilines is 2. The molecule has 18 heavy (non-hydrogen) atoms. The third kappa shape index (κ3) is 3.26. The first-order chi connectivity index (χ1) is 8.69. The molecule has 1 unspecified atom stereocenters. The Morgan fingerprint density at radius 3 is 2.67 bits per heavy atom. The van der Waals surface area contributed by atoms with Gasteiger partial charge >= 0.3 is 0 Å². The fourth-order valence-electron chi connectivity index (χ4n) is 2.03. The van der Waals surface area contributed by atoms with Gasteiger partial charge in [0.1, 0.15) is 18.0 Å². The Bertz CT molecular complexity index is 371. The van der Waals surface area contributed by atoms with Crippen LogP contribution in [-0.2, 0) is 6.42 Å². The van der Waals surface area contributed by atoms with Crippen LogP contribution in [-0.4, -0.2) is 35.1 Å². The van der Waals surface area contributed by atoms with Crippen molar-refractivity contribution in [1.82, 2.24) is 9.97 Å². The van der Waals surface area contributed by atoms with Gasteiger partial charge in [-0.05, 0) is 19.1 Å². The van der Waals surface area contributed by atoms with Crippen molar-refractivity contribution in [3.05, 3.63) is 11.9 Å². The average Bonchev–Trinajstić information content (AvgIpc) is 2.42. The van der Waals surface area contributed by atoms with E-state index in [4.69, 9.17) is 5.84 Å². The molecule has 1 heterocycles. The number of aromatic nitrogens is 2. The molecule has 1 rings (SSSR count). The third-order valence-electron chi connectivity index (χ3n) is 3.13. The Labute approximate surface area is 114 Å². The van der Waals surface area contributed by atoms with E-state index >= 15 is 0 Å². The molecular formula is C12H23N5S. The van der Waals surface area contributed by atoms with Crippen LogP contribution in [0.5, 0.6) is 0 Å². The van der Waals surface area contributed by atoms with Crippen molar-refractivity contribution in [1.29, 1.82) is 0 Å². The van der Waals surface area contributed by atoms with Gasteiger partial charge in [-0.3, -0.25) is 0 Å². The summed E-state index contributed by atoms with van der Waals surface area (Å²) in [4.78, 5) is 10.8. The lowest BCUT2D eigenvalue weighted by Crippen LogP contribution is -2.34. The molecule has 0 bridgehead atoms. The number of thioether (sulfide) groups is 1. The highest BCUT2D eigenvalue weighted by Crippen LogP contribution is 2.25. The number of nitrogens with zero attached hydrogens (tertiary/aromatic N) is 3. The highest BCUT2D eigenvalue weighted by atomic mass is 32.2. The fraction of sp³-hybridized carbons (Fsp3) is 0.667. The summed E-state index contributed by atoms with van der Waals surface area (Å²) in [7, 11) is 2.09. The highest BCUT2D eigenvalue weighted by Gasteiger charge is 2.18. The van der Waals surface area contributed by atoms with E-state index in [9.17, 15) is 0 Å². The van der Waals surface area contributed by atoms with E-state index in [1.807, 2.05) is 11.8 Å². The maximum Gasteiger partial charge on any atom is 0.148 e. The summed E-state index contributed by atoms with van der Waals surface area (Å²) in [6.07, 6.45) is 5.64. The van der Waals surface area contributed by atoms with Crippen LogP contribution in [0.3, 0.4) is 0 Å². The zero-order chi connectivity index (χ0) is 13.5. The maximum atomic E-state index is 5.50. The van der Waals surface area contributed by atoms with Crippen LogP contribution >= 0.6 is 11.8 Å². The monoisotopic (exact) mass is 269 g/mol. The van der Waals surface area contributed by atoms with Crippen molar-refractivity contribution in [2.75, 3.05) is 29.4 Å². The smallest absolute Gasteiger partial charge is 0.148 e. The minimum atomic E-state index is 0.478. The van der Waals surface area contributed by atoms with Gasteiger partial charge < -0.3 is 10.3 Å². The predicted molar refractivity (Wildman–Crippen MR) is 80.1 cm³/mol. The van der Waals surface area contributed by atoms with Crippen LogP contribution in [0.15, 0.2) is 6.33 Å². The van der Waals surface area contributed by atoms with Gasteiger partial charge in [0.15, 0.2) is 0 Å². The van der Waals surface area contributed by atoms with E-state index < -0.39 is 0 Å². The molecule has 1 atom stereocenters. The Morgan fingerprint density at radius 1 is 1.44 bits per heavy atom. The van der Waals surface area contributed by atoms with Gasteiger partial charge in [-0.25, -0.2) is 15.8 Å². The number of hydrogen-bond donors (Lipinski definition) is 2. The van der Waals surface area contributed by atoms with Gasteiger partial charge in [0.25, 0.3) is 0 Å². The molecule has 1 aromatic rings. The Morgan fingerprint density at radius 2 is 2.17 bits per heavy atom. The quantitative estimate of drug-likeness (QED) is 0.582. The van der Waals surface area contributed by atoms with E-state index in [0.717, 1.165) is 30.0 Å². The predicted octanol–water partition coefficient (Wildman–Crippen LogP) is 1.90. The summed E-state index contributed by atoms with van der Waals surface area (Å²) in [6.45, 7) is 4.29. The lowest BCUT2D eigenvalue weighted by atomic mass is 10.1. The lowest BCUT2D eigenvalue weighted by molar-refractivity contribution is 0.662. The van der Waals surface area contributed by atoms with Crippen LogP contribution in [0.1, 0.15) is 25.8 Å². The summed E-state index contributed by atoms with van der Waals surface area (Å²) >= 11 is 1.86. The van der Waals surface area contributed by atoms with Crippen molar-refractivity contribution in [3.63, 3.8) is 0 Å². The second-order valence-electron chi connectivity index (χ2n) is 4.15. The molecule has 6 heteroatoms. The molecular weight excluding hydrogens is 246 g/mol. The molecule has 0 aromatic carbocycles. The van der Waals surface area contributed by atoms with Crippen molar-refractivity contribution < 1.29 is 0 Å². The molecule has 3 N–H and O–H groups in total. The number of nitrogens with two attached hydrogens (primary N) is 1. The SMILES string of the molecule is CCc1c(NN)ncnc1N(C)C(CC)CSC. The number of hydrazine groups is 1. The largest absolute Gasteiger partial charge is 0.355 e. The van der Waals surface area contributed by atoms with Crippen molar-refractivity contribution >= 4 is 23.4 Å². The van der Waals surface area contributed by atoms with Gasteiger partial charge in [-0.2, -0.15) is 11.8 Å². The minimum Gasteiger partial charge on any atom is -0.355 e. The standard InChI is InChI=1S/C12H23N5S/c1-5-9(7-18-4)17(3)12-10(6-2)11(16-13)14-8-15-12/h8-9H,5-7,13H2,1-4H3,(H,14,15,16). The fourth-order valence-corrected chi connectivity index (χ4v) is 2.87. The molecule has 0 aliphatic heterocycles. The van der Waals surface area contributed by atoms with Gasteiger partial charge in [0, 0.05) is 24.4 Å². The normalized spacial score (nSPS) is 12.3. The number of rotatable bonds is 7. The molecule has 0 spiro atoms. The minimum absolute atomic E-state index is 0.478. The van der Waals surface area contributed by atoms with Crippen LogP contribution in [0.4, 0.5) is 11.6 Å². The Kier molecular flexibility index (Phi) is 6.21. The third-order valence-corrected chi connectivity index (χ3v) is 3.84. The van der Waals surface area contributed by atoms with Crippen LogP contribution < -0.4 is 16.2 Å². The number of nitrogens with one attached hydrogen (secondary N) is 1.